The molecule has 2 aromatic rings. The van der Waals surface area contributed by atoms with Crippen LogP contribution in [0.5, 0.6) is 0 Å². The lowest BCUT2D eigenvalue weighted by Gasteiger charge is -2.36. The summed E-state index contributed by atoms with van der Waals surface area (Å²) in [5.74, 6) is 0.176. The van der Waals surface area contributed by atoms with Crippen molar-refractivity contribution < 1.29 is 4.79 Å². The molecule has 7 nitrogen and oxygen atoms in total. The highest BCUT2D eigenvalue weighted by Gasteiger charge is 2.25. The number of aryl methyl sites for hydroxylation is 1. The molecule has 1 aromatic carbocycles. The Bertz CT molecular complexity index is 671. The van der Waals surface area contributed by atoms with Gasteiger partial charge < -0.3 is 4.90 Å². The normalized spacial score (nSPS) is 17.5. The third-order valence-electron chi connectivity index (χ3n) is 4.70. The molecular formula is C17H24N6O. The predicted molar refractivity (Wildman–Crippen MR) is 90.1 cm³/mol. The van der Waals surface area contributed by atoms with E-state index in [9.17, 15) is 4.79 Å². The van der Waals surface area contributed by atoms with Gasteiger partial charge >= 0.3 is 0 Å². The second-order valence-corrected chi connectivity index (χ2v) is 6.49. The zero-order valence-corrected chi connectivity index (χ0v) is 14.3. The van der Waals surface area contributed by atoms with Crippen molar-refractivity contribution in [3.63, 3.8) is 0 Å². The van der Waals surface area contributed by atoms with Crippen molar-refractivity contribution in [3.05, 3.63) is 41.7 Å². The van der Waals surface area contributed by atoms with E-state index in [2.05, 4.69) is 51.7 Å². The lowest BCUT2D eigenvalue weighted by molar-refractivity contribution is -0.130. The number of carbonyl (C=O) groups is 1. The summed E-state index contributed by atoms with van der Waals surface area (Å²) >= 11 is 0. The van der Waals surface area contributed by atoms with Crippen LogP contribution < -0.4 is 0 Å². The van der Waals surface area contributed by atoms with Gasteiger partial charge in [-0.2, -0.15) is 0 Å². The first-order valence-corrected chi connectivity index (χ1v) is 8.35. The first-order valence-electron chi connectivity index (χ1n) is 8.35. The molecule has 0 radical (unpaired) electrons. The number of hydrogen-bond donors (Lipinski definition) is 0. The highest BCUT2D eigenvalue weighted by atomic mass is 16.2. The maximum atomic E-state index is 12.3. The molecular weight excluding hydrogens is 304 g/mol. The van der Waals surface area contributed by atoms with E-state index in [0.717, 1.165) is 25.9 Å². The van der Waals surface area contributed by atoms with Gasteiger partial charge in [0.1, 0.15) is 6.33 Å². The second kappa shape index (κ2) is 7.53. The van der Waals surface area contributed by atoms with E-state index in [4.69, 9.17) is 0 Å². The molecule has 0 spiro atoms. The van der Waals surface area contributed by atoms with Crippen molar-refractivity contribution >= 4 is 5.91 Å². The van der Waals surface area contributed by atoms with Crippen molar-refractivity contribution in [1.82, 2.24) is 30.0 Å². The summed E-state index contributed by atoms with van der Waals surface area (Å²) in [5.41, 5.74) is 2.80. The van der Waals surface area contributed by atoms with Gasteiger partial charge in [-0.1, -0.05) is 24.3 Å². The molecule has 24 heavy (non-hydrogen) atoms. The smallest absolute Gasteiger partial charge is 0.222 e. The molecule has 1 amide bonds. The summed E-state index contributed by atoms with van der Waals surface area (Å²) in [4.78, 5) is 16.5. The fourth-order valence-electron chi connectivity index (χ4n) is 3.21. The van der Waals surface area contributed by atoms with Gasteiger partial charge in [-0.15, -0.1) is 5.10 Å². The summed E-state index contributed by atoms with van der Waals surface area (Å²) in [6.45, 7) is 2.38. The molecule has 0 saturated carbocycles. The number of amides is 1. The van der Waals surface area contributed by atoms with Gasteiger partial charge in [-0.25, -0.2) is 4.68 Å². The lowest BCUT2D eigenvalue weighted by Crippen LogP contribution is -2.46. The summed E-state index contributed by atoms with van der Waals surface area (Å²) in [6.07, 6.45) is 3.83. The topological polar surface area (TPSA) is 67.2 Å². The Morgan fingerprint density at radius 1 is 1.33 bits per heavy atom. The first kappa shape index (κ1) is 16.6. The van der Waals surface area contributed by atoms with E-state index in [-0.39, 0.29) is 5.91 Å². The van der Waals surface area contributed by atoms with Crippen LogP contribution in [-0.4, -0.2) is 62.6 Å². The molecule has 1 unspecified atom stereocenters. The molecule has 2 heterocycles. The summed E-state index contributed by atoms with van der Waals surface area (Å²) in [7, 11) is 4.03. The number of benzene rings is 1. The summed E-state index contributed by atoms with van der Waals surface area (Å²) in [5, 5.41) is 11.0. The van der Waals surface area contributed by atoms with Crippen LogP contribution in [0.15, 0.2) is 30.6 Å². The third-order valence-corrected chi connectivity index (χ3v) is 4.70. The monoisotopic (exact) mass is 328 g/mol. The Labute approximate surface area is 142 Å². The van der Waals surface area contributed by atoms with Crippen molar-refractivity contribution in [2.45, 2.75) is 38.4 Å². The largest absolute Gasteiger partial charge is 0.344 e. The lowest BCUT2D eigenvalue weighted by atomic mass is 9.94. The van der Waals surface area contributed by atoms with Gasteiger partial charge in [-0.05, 0) is 41.4 Å². The van der Waals surface area contributed by atoms with Gasteiger partial charge in [0, 0.05) is 39.1 Å². The van der Waals surface area contributed by atoms with E-state index >= 15 is 0 Å². The molecule has 1 aliphatic rings. The Hall–Kier alpha value is -2.28. The fraction of sp³-hybridized carbons (Fsp3) is 0.529. The average molecular weight is 328 g/mol. The van der Waals surface area contributed by atoms with Crippen LogP contribution in [0, 0.1) is 0 Å². The molecule has 0 aliphatic carbocycles. The highest BCUT2D eigenvalue weighted by Crippen LogP contribution is 2.22. The Kier molecular flexibility index (Phi) is 5.20. The third kappa shape index (κ3) is 3.97. The fourth-order valence-corrected chi connectivity index (χ4v) is 3.21. The highest BCUT2D eigenvalue weighted by molar-refractivity contribution is 5.75. The van der Waals surface area contributed by atoms with Crippen LogP contribution in [0.4, 0.5) is 0 Å². The minimum Gasteiger partial charge on any atom is -0.344 e. The van der Waals surface area contributed by atoms with Crippen LogP contribution in [0.1, 0.15) is 24.0 Å². The van der Waals surface area contributed by atoms with Crippen LogP contribution in [-0.2, 0) is 24.3 Å². The summed E-state index contributed by atoms with van der Waals surface area (Å²) < 4.78 is 1.65. The molecule has 1 aromatic heterocycles. The van der Waals surface area contributed by atoms with Gasteiger partial charge in [0.05, 0.1) is 0 Å². The number of fused-ring (bicyclic) bond motifs is 1. The maximum absolute atomic E-state index is 12.3. The van der Waals surface area contributed by atoms with Crippen LogP contribution in [0.3, 0.4) is 0 Å². The van der Waals surface area contributed by atoms with Crippen molar-refractivity contribution in [1.29, 1.82) is 0 Å². The number of aromatic nitrogens is 4. The molecule has 0 bridgehead atoms. The zero-order valence-electron chi connectivity index (χ0n) is 14.3. The summed E-state index contributed by atoms with van der Waals surface area (Å²) in [6, 6.07) is 8.94. The van der Waals surface area contributed by atoms with Crippen LogP contribution in [0.25, 0.3) is 0 Å². The van der Waals surface area contributed by atoms with Crippen molar-refractivity contribution in [2.24, 2.45) is 0 Å². The van der Waals surface area contributed by atoms with E-state index in [1.165, 1.54) is 11.1 Å². The molecule has 7 heteroatoms. The number of likely N-dealkylation sites (N-methyl/N-ethyl adjacent to an activating group) is 2. The molecule has 128 valence electrons. The van der Waals surface area contributed by atoms with E-state index < -0.39 is 0 Å². The number of carbonyl (C=O) groups excluding carboxylic acids is 1. The maximum Gasteiger partial charge on any atom is 0.222 e. The van der Waals surface area contributed by atoms with Crippen molar-refractivity contribution in [2.75, 3.05) is 20.6 Å². The minimum atomic E-state index is 0.176. The predicted octanol–water partition coefficient (Wildman–Crippen LogP) is 0.968. The molecule has 1 aliphatic heterocycles. The quantitative estimate of drug-likeness (QED) is 0.790. The number of nitrogens with zero attached hydrogens (tertiary/aromatic N) is 6. The van der Waals surface area contributed by atoms with E-state index in [1.807, 2.05) is 11.9 Å². The average Bonchev–Trinajstić information content (AvgIpc) is 3.08. The standard InChI is InChI=1S/C17H24N6O/c1-21-11-15-7-4-3-6-14(15)10-16(21)12-22(2)17(24)8-5-9-23-13-18-19-20-23/h3-4,6-7,13,16H,5,8-12H2,1-2H3. The van der Waals surface area contributed by atoms with Gasteiger partial charge in [0.25, 0.3) is 0 Å². The number of tetrazole rings is 1. The van der Waals surface area contributed by atoms with Gasteiger partial charge in [0.2, 0.25) is 5.91 Å². The second-order valence-electron chi connectivity index (χ2n) is 6.49. The number of rotatable bonds is 6. The SMILES string of the molecule is CN(CC1Cc2ccccc2CN1C)C(=O)CCCn1cnnn1. The first-order chi connectivity index (χ1) is 11.6. The zero-order chi connectivity index (χ0) is 16.9. The molecule has 1 atom stereocenters. The Morgan fingerprint density at radius 3 is 2.88 bits per heavy atom. The molecule has 0 N–H and O–H groups in total. The Balaban J connectivity index is 1.49. The van der Waals surface area contributed by atoms with Crippen LogP contribution in [0.2, 0.25) is 0 Å². The van der Waals surface area contributed by atoms with Crippen molar-refractivity contribution in [3.8, 4) is 0 Å². The molecule has 3 rings (SSSR count). The van der Waals surface area contributed by atoms with Crippen LogP contribution >= 0.6 is 0 Å². The van der Waals surface area contributed by atoms with E-state index in [0.29, 0.717) is 19.0 Å². The number of hydrogen-bond acceptors (Lipinski definition) is 5. The molecule has 0 saturated heterocycles. The van der Waals surface area contributed by atoms with E-state index in [1.54, 1.807) is 11.0 Å². The van der Waals surface area contributed by atoms with Gasteiger partial charge in [0.15, 0.2) is 0 Å². The van der Waals surface area contributed by atoms with Gasteiger partial charge in [-0.3, -0.25) is 9.69 Å². The Morgan fingerprint density at radius 2 is 2.12 bits per heavy atom. The minimum absolute atomic E-state index is 0.176. The molecule has 0 fully saturated rings.